The number of primary amides is 1. The molecule has 2 aromatic carbocycles. The van der Waals surface area contributed by atoms with Gasteiger partial charge in [-0.3, -0.25) is 0 Å². The number of carbonyl (C=O) groups is 1. The summed E-state index contributed by atoms with van der Waals surface area (Å²) in [6, 6.07) is 14.6. The smallest absolute Gasteiger partial charge is 0.457 e. The molecule has 1 aliphatic rings. The van der Waals surface area contributed by atoms with E-state index >= 15 is 0 Å². The SMILES string of the molecule is CS(=O)(=O)N1CC[N+](OC(N)=O)(S(=O)(=O)c2ccc(Oc3ccccc3)cc2)CC1. The van der Waals surface area contributed by atoms with Crippen molar-refractivity contribution in [3.8, 4) is 11.5 Å². The molecule has 1 amide bonds. The molecule has 30 heavy (non-hydrogen) atoms. The van der Waals surface area contributed by atoms with Crippen LogP contribution in [0.15, 0.2) is 59.5 Å². The van der Waals surface area contributed by atoms with Crippen LogP contribution in [0, 0.1) is 0 Å². The summed E-state index contributed by atoms with van der Waals surface area (Å²) in [6.07, 6.45) is -0.238. The monoisotopic (exact) mass is 456 g/mol. The number of hydroxylamine groups is 2. The lowest BCUT2D eigenvalue weighted by atomic mass is 10.3. The van der Waals surface area contributed by atoms with Crippen LogP contribution in [0.2, 0.25) is 0 Å². The predicted molar refractivity (Wildman–Crippen MR) is 107 cm³/mol. The van der Waals surface area contributed by atoms with E-state index in [2.05, 4.69) is 0 Å². The van der Waals surface area contributed by atoms with Crippen LogP contribution in [0.3, 0.4) is 0 Å². The van der Waals surface area contributed by atoms with Crippen molar-refractivity contribution in [2.24, 2.45) is 5.73 Å². The molecule has 0 aliphatic carbocycles. The number of sulfonamides is 2. The molecule has 162 valence electrons. The van der Waals surface area contributed by atoms with Crippen LogP contribution in [0.1, 0.15) is 0 Å². The maximum absolute atomic E-state index is 13.3. The van der Waals surface area contributed by atoms with E-state index in [1.807, 2.05) is 6.07 Å². The Balaban J connectivity index is 1.87. The van der Waals surface area contributed by atoms with Gasteiger partial charge >= 0.3 is 16.1 Å². The maximum atomic E-state index is 13.3. The second-order valence-corrected chi connectivity index (χ2v) is 10.8. The summed E-state index contributed by atoms with van der Waals surface area (Å²) in [5.74, 6) is 1.01. The molecule has 2 N–H and O–H groups in total. The summed E-state index contributed by atoms with van der Waals surface area (Å²) in [6.45, 7) is -0.859. The largest absolute Gasteiger partial charge is 0.461 e. The summed E-state index contributed by atoms with van der Waals surface area (Å²) in [7, 11) is -7.75. The molecule has 1 aliphatic heterocycles. The average molecular weight is 457 g/mol. The molecule has 0 atom stereocenters. The summed E-state index contributed by atoms with van der Waals surface area (Å²) >= 11 is 0. The lowest BCUT2D eigenvalue weighted by molar-refractivity contribution is -0.989. The van der Waals surface area contributed by atoms with Crippen molar-refractivity contribution < 1.29 is 35.3 Å². The zero-order valence-electron chi connectivity index (χ0n) is 16.2. The number of para-hydroxylation sites is 1. The second kappa shape index (κ2) is 8.22. The number of hydrogen-bond acceptors (Lipinski definition) is 7. The molecule has 2 aromatic rings. The van der Waals surface area contributed by atoms with E-state index in [-0.39, 0.29) is 31.1 Å². The topological polar surface area (TPSA) is 133 Å². The van der Waals surface area contributed by atoms with Crippen LogP contribution in [-0.4, -0.2) is 63.7 Å². The Morgan fingerprint density at radius 3 is 1.97 bits per heavy atom. The first-order valence-electron chi connectivity index (χ1n) is 8.93. The minimum atomic E-state index is -4.24. The first-order chi connectivity index (χ1) is 14.0. The fourth-order valence-electron chi connectivity index (χ4n) is 3.12. The van der Waals surface area contributed by atoms with Crippen molar-refractivity contribution in [3.05, 3.63) is 54.6 Å². The molecule has 0 bridgehead atoms. The molecule has 1 saturated heterocycles. The van der Waals surface area contributed by atoms with Gasteiger partial charge in [0, 0.05) is 0 Å². The lowest BCUT2D eigenvalue weighted by Crippen LogP contribution is -2.63. The molecule has 10 nitrogen and oxygen atoms in total. The summed E-state index contributed by atoms with van der Waals surface area (Å²) in [5.41, 5.74) is 5.12. The van der Waals surface area contributed by atoms with Crippen molar-refractivity contribution in [1.29, 1.82) is 0 Å². The average Bonchev–Trinajstić information content (AvgIpc) is 2.68. The van der Waals surface area contributed by atoms with Crippen LogP contribution >= 0.6 is 0 Å². The van der Waals surface area contributed by atoms with Gasteiger partial charge in [-0.2, -0.15) is 12.7 Å². The molecule has 12 heteroatoms. The number of nitrogens with zero attached hydrogens (tertiary/aromatic N) is 2. The number of ether oxygens (including phenoxy) is 1. The highest BCUT2D eigenvalue weighted by atomic mass is 32.2. The fourth-order valence-corrected chi connectivity index (χ4v) is 5.63. The summed E-state index contributed by atoms with van der Waals surface area (Å²) in [4.78, 5) is 16.4. The van der Waals surface area contributed by atoms with Crippen LogP contribution in [0.4, 0.5) is 4.79 Å². The van der Waals surface area contributed by atoms with E-state index in [0.29, 0.717) is 11.5 Å². The van der Waals surface area contributed by atoms with Crippen molar-refractivity contribution >= 4 is 26.1 Å². The van der Waals surface area contributed by atoms with Gasteiger partial charge in [-0.1, -0.05) is 18.2 Å². The lowest BCUT2D eigenvalue weighted by Gasteiger charge is -2.38. The van der Waals surface area contributed by atoms with Gasteiger partial charge in [0.2, 0.25) is 10.0 Å². The first kappa shape index (κ1) is 22.0. The molecule has 0 radical (unpaired) electrons. The number of hydrogen-bond donors (Lipinski definition) is 1. The van der Waals surface area contributed by atoms with Crippen molar-refractivity contribution in [2.45, 2.75) is 4.90 Å². The summed E-state index contributed by atoms with van der Waals surface area (Å²) in [5, 5.41) is 0. The minimum Gasteiger partial charge on any atom is -0.457 e. The van der Waals surface area contributed by atoms with Gasteiger partial charge in [-0.15, -0.1) is 0 Å². The Morgan fingerprint density at radius 1 is 0.933 bits per heavy atom. The highest BCUT2D eigenvalue weighted by Gasteiger charge is 2.51. The molecule has 0 spiro atoms. The number of benzene rings is 2. The fraction of sp³-hybridized carbons (Fsp3) is 0.278. The third-order valence-electron chi connectivity index (χ3n) is 4.64. The Labute approximate surface area is 175 Å². The molecule has 3 rings (SSSR count). The van der Waals surface area contributed by atoms with Crippen LogP contribution in [0.25, 0.3) is 0 Å². The molecule has 0 aromatic heterocycles. The Morgan fingerprint density at radius 2 is 1.47 bits per heavy atom. The number of rotatable bonds is 6. The van der Waals surface area contributed by atoms with Gasteiger partial charge in [0.15, 0.2) is 0 Å². The zero-order valence-corrected chi connectivity index (χ0v) is 17.8. The van der Waals surface area contributed by atoms with E-state index in [9.17, 15) is 21.6 Å². The normalized spacial score (nSPS) is 17.2. The molecule has 1 fully saturated rings. The van der Waals surface area contributed by atoms with Gasteiger partial charge in [0.25, 0.3) is 0 Å². The Kier molecular flexibility index (Phi) is 6.04. The maximum Gasteiger partial charge on any atom is 0.461 e. The van der Waals surface area contributed by atoms with Gasteiger partial charge in [-0.05, 0) is 40.4 Å². The number of nitrogens with two attached hydrogens (primary N) is 1. The van der Waals surface area contributed by atoms with Crippen LogP contribution in [0.5, 0.6) is 11.5 Å². The van der Waals surface area contributed by atoms with E-state index in [1.54, 1.807) is 24.3 Å². The van der Waals surface area contributed by atoms with E-state index in [1.165, 1.54) is 24.3 Å². The molecule has 0 unspecified atom stereocenters. The van der Waals surface area contributed by atoms with E-state index < -0.39 is 30.2 Å². The van der Waals surface area contributed by atoms with Gasteiger partial charge in [0.1, 0.15) is 29.5 Å². The standard InChI is InChI=1S/C18H21N3O7S2/c1-29(23,24)20-11-13-21(14-12-20,28-18(19)22)30(25,26)17-9-7-16(8-10-17)27-15-5-3-2-4-6-15/h2-10H,11-14H2,1H3,(H-,19,22)/p+1. The Hall–Kier alpha value is -2.67. The number of piperazine rings is 1. The minimum absolute atomic E-state index is 0.114. The molecular weight excluding hydrogens is 434 g/mol. The molecular formula is C18H22N3O7S2+. The van der Waals surface area contributed by atoms with Crippen molar-refractivity contribution in [3.63, 3.8) is 0 Å². The zero-order chi connectivity index (χ0) is 22.0. The number of carbonyl (C=O) groups excluding carboxylic acids is 1. The predicted octanol–water partition coefficient (Wildman–Crippen LogP) is 1.27. The first-order valence-corrected chi connectivity index (χ1v) is 12.2. The van der Waals surface area contributed by atoms with Gasteiger partial charge in [0.05, 0.1) is 19.3 Å². The third-order valence-corrected chi connectivity index (χ3v) is 8.13. The number of quaternary nitrogens is 1. The second-order valence-electron chi connectivity index (χ2n) is 6.70. The Bertz CT molecular complexity index is 1110. The van der Waals surface area contributed by atoms with Gasteiger partial charge < -0.3 is 10.5 Å². The van der Waals surface area contributed by atoms with Crippen LogP contribution in [-0.2, 0) is 24.9 Å². The summed E-state index contributed by atoms with van der Waals surface area (Å²) < 4.78 is 55.8. The van der Waals surface area contributed by atoms with Crippen molar-refractivity contribution in [1.82, 2.24) is 4.31 Å². The molecule has 1 heterocycles. The van der Waals surface area contributed by atoms with Gasteiger partial charge in [-0.25, -0.2) is 18.0 Å². The number of amides is 1. The third kappa shape index (κ3) is 4.56. The highest BCUT2D eigenvalue weighted by Crippen LogP contribution is 2.30. The quantitative estimate of drug-likeness (QED) is 0.647. The highest BCUT2D eigenvalue weighted by molar-refractivity contribution is 7.88. The van der Waals surface area contributed by atoms with E-state index in [0.717, 1.165) is 10.6 Å². The van der Waals surface area contributed by atoms with E-state index in [4.69, 9.17) is 15.3 Å². The van der Waals surface area contributed by atoms with Crippen LogP contribution < -0.4 is 10.5 Å². The molecule has 0 saturated carbocycles. The van der Waals surface area contributed by atoms with Crippen molar-refractivity contribution in [2.75, 3.05) is 32.4 Å².